The molecule has 2 aliphatic rings. The van der Waals surface area contributed by atoms with Gasteiger partial charge in [-0.25, -0.2) is 0 Å². The summed E-state index contributed by atoms with van der Waals surface area (Å²) >= 11 is 5.69. The number of benzene rings is 1. The summed E-state index contributed by atoms with van der Waals surface area (Å²) in [5.41, 5.74) is 1.54. The second kappa shape index (κ2) is 8.68. The second-order valence-electron chi connectivity index (χ2n) is 7.92. The first kappa shape index (κ1) is 20.6. The van der Waals surface area contributed by atoms with E-state index in [9.17, 15) is 10.1 Å². The maximum Gasteiger partial charge on any atom is 0.270 e. The zero-order valence-corrected chi connectivity index (χ0v) is 18.0. The number of hydrogen-bond donors (Lipinski definition) is 1. The fourth-order valence-corrected chi connectivity index (χ4v) is 4.67. The molecule has 9 heteroatoms. The zero-order valence-electron chi connectivity index (χ0n) is 17.2. The Kier molecular flexibility index (Phi) is 5.59. The SMILES string of the molecule is O=[N+]([O-])c1cccc(-c2ccc([C@H]3[C@H](c4ccccn4)NC(=S)N3C[C@@H]3CCCO3)o2)c1. The van der Waals surface area contributed by atoms with Crippen LogP contribution in [0.1, 0.15) is 36.4 Å². The van der Waals surface area contributed by atoms with E-state index in [1.54, 1.807) is 18.3 Å². The lowest BCUT2D eigenvalue weighted by molar-refractivity contribution is -0.384. The van der Waals surface area contributed by atoms with Gasteiger partial charge in [0.2, 0.25) is 0 Å². The van der Waals surface area contributed by atoms with Crippen LogP contribution < -0.4 is 5.32 Å². The molecule has 3 aromatic rings. The highest BCUT2D eigenvalue weighted by Gasteiger charge is 2.42. The van der Waals surface area contributed by atoms with Crippen LogP contribution in [-0.4, -0.2) is 39.2 Å². The van der Waals surface area contributed by atoms with Gasteiger partial charge in [0.15, 0.2) is 5.11 Å². The van der Waals surface area contributed by atoms with E-state index in [-0.39, 0.29) is 23.9 Å². The highest BCUT2D eigenvalue weighted by molar-refractivity contribution is 7.80. The molecule has 0 saturated carbocycles. The van der Waals surface area contributed by atoms with E-state index >= 15 is 0 Å². The van der Waals surface area contributed by atoms with Gasteiger partial charge in [-0.05, 0) is 49.3 Å². The third-order valence-electron chi connectivity index (χ3n) is 5.88. The number of furan rings is 1. The average molecular weight is 451 g/mol. The summed E-state index contributed by atoms with van der Waals surface area (Å²) in [5.74, 6) is 1.28. The molecule has 0 amide bonds. The fraction of sp³-hybridized carbons (Fsp3) is 0.304. The minimum absolute atomic E-state index is 0.0236. The van der Waals surface area contributed by atoms with Crippen LogP contribution in [0.2, 0.25) is 0 Å². The number of hydrogen-bond acceptors (Lipinski definition) is 6. The molecule has 0 aliphatic carbocycles. The quantitative estimate of drug-likeness (QED) is 0.336. The lowest BCUT2D eigenvalue weighted by Gasteiger charge is -2.28. The highest BCUT2D eigenvalue weighted by atomic mass is 32.1. The van der Waals surface area contributed by atoms with Gasteiger partial charge in [0.1, 0.15) is 17.6 Å². The van der Waals surface area contributed by atoms with E-state index in [4.69, 9.17) is 21.4 Å². The van der Waals surface area contributed by atoms with Crippen molar-refractivity contribution in [3.8, 4) is 11.3 Å². The Hall–Kier alpha value is -3.30. The van der Waals surface area contributed by atoms with Gasteiger partial charge in [0.05, 0.1) is 22.8 Å². The van der Waals surface area contributed by atoms with Gasteiger partial charge in [0.25, 0.3) is 5.69 Å². The van der Waals surface area contributed by atoms with Gasteiger partial charge < -0.3 is 19.4 Å². The van der Waals surface area contributed by atoms with Crippen molar-refractivity contribution >= 4 is 23.0 Å². The summed E-state index contributed by atoms with van der Waals surface area (Å²) in [5, 5.41) is 15.2. The second-order valence-corrected chi connectivity index (χ2v) is 8.31. The number of non-ortho nitro benzene ring substituents is 1. The van der Waals surface area contributed by atoms with Gasteiger partial charge in [-0.1, -0.05) is 18.2 Å². The summed E-state index contributed by atoms with van der Waals surface area (Å²) in [7, 11) is 0. The number of nitrogens with zero attached hydrogens (tertiary/aromatic N) is 3. The molecule has 2 aliphatic heterocycles. The molecule has 1 N–H and O–H groups in total. The number of pyridine rings is 1. The molecule has 164 valence electrons. The van der Waals surface area contributed by atoms with E-state index in [0.29, 0.717) is 28.7 Å². The van der Waals surface area contributed by atoms with Gasteiger partial charge >= 0.3 is 0 Å². The van der Waals surface area contributed by atoms with Crippen LogP contribution >= 0.6 is 12.2 Å². The minimum Gasteiger partial charge on any atom is -0.459 e. The standard InChI is InChI=1S/C23H22N4O4S/c28-27(29)16-6-3-5-15(13-16)19-9-10-20(31-19)22-21(18-8-1-2-11-24-18)25-23(32)26(22)14-17-7-4-12-30-17/h1-3,5-6,8-11,13,17,21-22H,4,7,12,14H2,(H,25,32)/t17-,21-,22-/m0/s1. The van der Waals surface area contributed by atoms with Crippen LogP contribution in [0.5, 0.6) is 0 Å². The molecule has 3 atom stereocenters. The Balaban J connectivity index is 1.50. The summed E-state index contributed by atoms with van der Waals surface area (Å²) in [6, 6.07) is 15.6. The van der Waals surface area contributed by atoms with E-state index < -0.39 is 4.92 Å². The molecule has 1 aromatic carbocycles. The van der Waals surface area contributed by atoms with E-state index in [0.717, 1.165) is 25.1 Å². The van der Waals surface area contributed by atoms with Gasteiger partial charge in [0, 0.05) is 37.0 Å². The van der Waals surface area contributed by atoms with Crippen LogP contribution in [0.3, 0.4) is 0 Å². The molecule has 2 saturated heterocycles. The Morgan fingerprint density at radius 1 is 1.22 bits per heavy atom. The van der Waals surface area contributed by atoms with Crippen molar-refractivity contribution in [3.63, 3.8) is 0 Å². The zero-order chi connectivity index (χ0) is 22.1. The van der Waals surface area contributed by atoms with E-state index in [1.165, 1.54) is 12.1 Å². The van der Waals surface area contributed by atoms with Gasteiger partial charge in [-0.15, -0.1) is 0 Å². The Labute approximate surface area is 190 Å². The first-order chi connectivity index (χ1) is 15.6. The third kappa shape index (κ3) is 3.96. The van der Waals surface area contributed by atoms with Crippen molar-refractivity contribution in [2.45, 2.75) is 31.0 Å². The van der Waals surface area contributed by atoms with Crippen molar-refractivity contribution in [1.82, 2.24) is 15.2 Å². The number of aromatic nitrogens is 1. The Morgan fingerprint density at radius 2 is 2.12 bits per heavy atom. The summed E-state index contributed by atoms with van der Waals surface area (Å²) in [6.45, 7) is 1.43. The van der Waals surface area contributed by atoms with Crippen molar-refractivity contribution < 1.29 is 14.1 Å². The summed E-state index contributed by atoms with van der Waals surface area (Å²) in [6.07, 6.45) is 3.92. The van der Waals surface area contributed by atoms with E-state index in [1.807, 2.05) is 30.3 Å². The molecule has 2 aromatic heterocycles. The maximum atomic E-state index is 11.2. The number of ether oxygens (including phenoxy) is 1. The Morgan fingerprint density at radius 3 is 2.88 bits per heavy atom. The van der Waals surface area contributed by atoms with Gasteiger partial charge in [-0.2, -0.15) is 0 Å². The molecule has 8 nitrogen and oxygen atoms in total. The van der Waals surface area contributed by atoms with Crippen LogP contribution in [0.25, 0.3) is 11.3 Å². The number of nitrogens with one attached hydrogen (secondary N) is 1. The molecule has 4 heterocycles. The molecule has 0 unspecified atom stereocenters. The lowest BCUT2D eigenvalue weighted by Crippen LogP contribution is -2.36. The molecule has 2 fully saturated rings. The smallest absolute Gasteiger partial charge is 0.270 e. The molecule has 32 heavy (non-hydrogen) atoms. The highest BCUT2D eigenvalue weighted by Crippen LogP contribution is 2.41. The summed E-state index contributed by atoms with van der Waals surface area (Å²) in [4.78, 5) is 17.4. The van der Waals surface area contributed by atoms with E-state index in [2.05, 4.69) is 15.2 Å². The van der Waals surface area contributed by atoms with Crippen molar-refractivity contribution in [2.75, 3.05) is 13.2 Å². The van der Waals surface area contributed by atoms with Gasteiger partial charge in [-0.3, -0.25) is 15.1 Å². The number of nitro groups is 1. The van der Waals surface area contributed by atoms with Crippen LogP contribution in [0, 0.1) is 10.1 Å². The molecule has 0 spiro atoms. The molecular formula is C23H22N4O4S. The Bertz CT molecular complexity index is 1130. The molecule has 5 rings (SSSR count). The van der Waals surface area contributed by atoms with Crippen LogP contribution in [0.4, 0.5) is 5.69 Å². The fourth-order valence-electron chi connectivity index (χ4n) is 4.36. The lowest BCUT2D eigenvalue weighted by atomic mass is 10.0. The predicted molar refractivity (Wildman–Crippen MR) is 122 cm³/mol. The van der Waals surface area contributed by atoms with Crippen molar-refractivity contribution in [3.05, 3.63) is 82.4 Å². The number of nitro benzene ring substituents is 1. The summed E-state index contributed by atoms with van der Waals surface area (Å²) < 4.78 is 12.1. The number of rotatable bonds is 6. The topological polar surface area (TPSA) is 93.7 Å². The van der Waals surface area contributed by atoms with Crippen LogP contribution in [0.15, 0.2) is 65.2 Å². The molecule has 0 bridgehead atoms. The maximum absolute atomic E-state index is 11.2. The predicted octanol–water partition coefficient (Wildman–Crippen LogP) is 4.40. The first-order valence-electron chi connectivity index (χ1n) is 10.5. The first-order valence-corrected chi connectivity index (χ1v) is 11.0. The largest absolute Gasteiger partial charge is 0.459 e. The number of thiocarbonyl (C=S) groups is 1. The van der Waals surface area contributed by atoms with Crippen molar-refractivity contribution in [2.24, 2.45) is 0 Å². The van der Waals surface area contributed by atoms with Crippen molar-refractivity contribution in [1.29, 1.82) is 0 Å². The molecular weight excluding hydrogens is 428 g/mol. The van der Waals surface area contributed by atoms with Crippen LogP contribution in [-0.2, 0) is 4.74 Å². The molecule has 0 radical (unpaired) electrons. The third-order valence-corrected chi connectivity index (χ3v) is 6.23. The average Bonchev–Trinajstić information content (AvgIpc) is 3.56. The normalized spacial score (nSPS) is 22.8. The monoisotopic (exact) mass is 450 g/mol. The minimum atomic E-state index is -0.410.